The monoisotopic (exact) mass is 619 g/mol. The molecule has 1 aliphatic carbocycles. The van der Waals surface area contributed by atoms with Crippen molar-refractivity contribution in [2.75, 3.05) is 6.54 Å². The molecule has 4 N–H and O–H groups in total. The number of Topliss-reactive ketones (excluding diaryl/α,β-unsaturated/α-hetero) is 1. The van der Waals surface area contributed by atoms with Crippen LogP contribution in [0.25, 0.3) is 17.0 Å². The van der Waals surface area contributed by atoms with Gasteiger partial charge in [-0.3, -0.25) is 34.0 Å². The van der Waals surface area contributed by atoms with Gasteiger partial charge in [0.2, 0.25) is 5.91 Å². The highest BCUT2D eigenvalue weighted by Crippen LogP contribution is 2.39. The fraction of sp³-hybridized carbons (Fsp3) is 0.529. The van der Waals surface area contributed by atoms with Crippen LogP contribution in [0.2, 0.25) is 0 Å². The summed E-state index contributed by atoms with van der Waals surface area (Å²) in [5, 5.41) is 5.00. The predicted molar refractivity (Wildman–Crippen MR) is 170 cm³/mol. The number of nitrogens with two attached hydrogens (primary N) is 1. The number of benzene rings is 1. The highest BCUT2D eigenvalue weighted by molar-refractivity contribution is 5.92. The lowest BCUT2D eigenvalue weighted by Crippen LogP contribution is -2.66. The van der Waals surface area contributed by atoms with Gasteiger partial charge in [0.15, 0.2) is 6.10 Å². The SMILES string of the molecule is CCc1ccc2ccc(/C=C/C3(C(=O)OC(C(=O)NC(C)C(=O)N4CCCC(C)(C(N)=O)N4)C(C)C)CCC(=O)CC3)cc2n1. The molecule has 2 aliphatic rings. The third kappa shape index (κ3) is 7.76. The third-order valence-electron chi connectivity index (χ3n) is 8.91. The minimum Gasteiger partial charge on any atom is -0.451 e. The number of aryl methyl sites for hydroxylation is 1. The van der Waals surface area contributed by atoms with Gasteiger partial charge in [-0.1, -0.05) is 51.1 Å². The fourth-order valence-corrected chi connectivity index (χ4v) is 5.81. The highest BCUT2D eigenvalue weighted by atomic mass is 16.5. The van der Waals surface area contributed by atoms with Crippen molar-refractivity contribution in [1.82, 2.24) is 20.7 Å². The summed E-state index contributed by atoms with van der Waals surface area (Å²) in [7, 11) is 0. The van der Waals surface area contributed by atoms with Crippen molar-refractivity contribution in [3.8, 4) is 0 Å². The number of hydrogen-bond acceptors (Lipinski definition) is 8. The van der Waals surface area contributed by atoms with Crippen molar-refractivity contribution < 1.29 is 28.7 Å². The van der Waals surface area contributed by atoms with E-state index in [0.717, 1.165) is 28.6 Å². The Bertz CT molecular complexity index is 1490. The first-order valence-corrected chi connectivity index (χ1v) is 15.8. The van der Waals surface area contributed by atoms with E-state index >= 15 is 0 Å². The first-order valence-electron chi connectivity index (χ1n) is 15.8. The van der Waals surface area contributed by atoms with Gasteiger partial charge in [-0.05, 0) is 69.6 Å². The topological polar surface area (TPSA) is 161 Å². The van der Waals surface area contributed by atoms with Gasteiger partial charge in [-0.25, -0.2) is 5.43 Å². The smallest absolute Gasteiger partial charge is 0.316 e. The van der Waals surface area contributed by atoms with Gasteiger partial charge in [-0.2, -0.15) is 0 Å². The second-order valence-electron chi connectivity index (χ2n) is 12.8. The number of carbonyl (C=O) groups is 5. The van der Waals surface area contributed by atoms with E-state index in [2.05, 4.69) is 10.7 Å². The molecule has 1 aromatic heterocycles. The van der Waals surface area contributed by atoms with E-state index < -0.39 is 52.7 Å². The maximum atomic E-state index is 13.9. The quantitative estimate of drug-likeness (QED) is 0.341. The Labute approximate surface area is 264 Å². The molecule has 4 rings (SSSR count). The van der Waals surface area contributed by atoms with Gasteiger partial charge in [0, 0.05) is 30.5 Å². The standard InChI is InChI=1S/C34H45N5O6/c1-6-25-11-10-24-9-8-23(20-27(24)37-25)12-16-34(17-13-26(40)14-18-34)32(44)45-28(21(2)3)29(41)36-22(4)30(42)39-19-7-15-33(5,38-39)31(35)43/h8-12,16,20-22,28,38H,6-7,13-15,17-19H2,1-5H3,(H2,35,43)(H,36,41)/b16-12+. The first kappa shape index (κ1) is 33.8. The van der Waals surface area contributed by atoms with Crippen molar-refractivity contribution >= 4 is 46.5 Å². The fourth-order valence-electron chi connectivity index (χ4n) is 5.81. The van der Waals surface area contributed by atoms with E-state index in [9.17, 15) is 24.0 Å². The van der Waals surface area contributed by atoms with Crippen molar-refractivity contribution in [3.05, 3.63) is 47.7 Å². The number of pyridine rings is 1. The second kappa shape index (κ2) is 13.9. The summed E-state index contributed by atoms with van der Waals surface area (Å²) >= 11 is 0. The Morgan fingerprint density at radius 1 is 1.11 bits per heavy atom. The van der Waals surface area contributed by atoms with Crippen LogP contribution in [-0.2, 0) is 35.1 Å². The van der Waals surface area contributed by atoms with Crippen LogP contribution in [-0.4, -0.2) is 63.7 Å². The molecule has 1 saturated heterocycles. The molecular weight excluding hydrogens is 574 g/mol. The average Bonchev–Trinajstić information content (AvgIpc) is 3.02. The Hall–Kier alpha value is -4.12. The van der Waals surface area contributed by atoms with Crippen molar-refractivity contribution in [3.63, 3.8) is 0 Å². The Kier molecular flexibility index (Phi) is 10.4. The summed E-state index contributed by atoms with van der Waals surface area (Å²) in [6.07, 6.45) is 5.36. The van der Waals surface area contributed by atoms with Crippen LogP contribution >= 0.6 is 0 Å². The number of amides is 3. The number of nitrogens with zero attached hydrogens (tertiary/aromatic N) is 2. The molecule has 3 unspecified atom stereocenters. The average molecular weight is 620 g/mol. The van der Waals surface area contributed by atoms with Crippen molar-refractivity contribution in [1.29, 1.82) is 0 Å². The van der Waals surface area contributed by atoms with Gasteiger partial charge in [0.25, 0.3) is 11.8 Å². The molecule has 2 aromatic rings. The number of primary amides is 1. The van der Waals surface area contributed by atoms with Crippen LogP contribution in [0.3, 0.4) is 0 Å². The Morgan fingerprint density at radius 2 is 1.80 bits per heavy atom. The molecule has 1 aromatic carbocycles. The van der Waals surface area contributed by atoms with Crippen molar-refractivity contribution in [2.45, 2.75) is 97.2 Å². The lowest BCUT2D eigenvalue weighted by molar-refractivity contribution is -0.168. The van der Waals surface area contributed by atoms with E-state index in [-0.39, 0.29) is 31.5 Å². The maximum Gasteiger partial charge on any atom is 0.316 e. The molecule has 45 heavy (non-hydrogen) atoms. The molecule has 3 amide bonds. The molecule has 2 heterocycles. The van der Waals surface area contributed by atoms with Crippen LogP contribution in [0.15, 0.2) is 36.4 Å². The zero-order chi connectivity index (χ0) is 32.9. The minimum atomic E-state index is -1.17. The summed E-state index contributed by atoms with van der Waals surface area (Å²) < 4.78 is 5.90. The van der Waals surface area contributed by atoms with E-state index in [1.165, 1.54) is 11.9 Å². The summed E-state index contributed by atoms with van der Waals surface area (Å²) in [5.41, 5.74) is 8.95. The summed E-state index contributed by atoms with van der Waals surface area (Å²) in [5.74, 6) is -2.51. The second-order valence-corrected chi connectivity index (χ2v) is 12.8. The number of hydrogen-bond donors (Lipinski definition) is 3. The van der Waals surface area contributed by atoms with Crippen LogP contribution in [0.5, 0.6) is 0 Å². The third-order valence-corrected chi connectivity index (χ3v) is 8.91. The van der Waals surface area contributed by atoms with Crippen molar-refractivity contribution in [2.24, 2.45) is 17.1 Å². The lowest BCUT2D eigenvalue weighted by atomic mass is 9.73. The van der Waals surface area contributed by atoms with Crippen LogP contribution < -0.4 is 16.5 Å². The van der Waals surface area contributed by atoms with E-state index in [1.54, 1.807) is 26.8 Å². The summed E-state index contributed by atoms with van der Waals surface area (Å²) in [6, 6.07) is 8.97. The largest absolute Gasteiger partial charge is 0.451 e. The zero-order valence-corrected chi connectivity index (χ0v) is 26.9. The van der Waals surface area contributed by atoms with Crippen LogP contribution in [0.4, 0.5) is 0 Å². The van der Waals surface area contributed by atoms with Gasteiger partial charge >= 0.3 is 5.97 Å². The number of hydrazine groups is 1. The van der Waals surface area contributed by atoms with Crippen LogP contribution in [0.1, 0.15) is 84.4 Å². The zero-order valence-electron chi connectivity index (χ0n) is 26.9. The van der Waals surface area contributed by atoms with Crippen LogP contribution in [0, 0.1) is 11.3 Å². The summed E-state index contributed by atoms with van der Waals surface area (Å²) in [4.78, 5) is 69.2. The molecule has 0 bridgehead atoms. The molecule has 2 fully saturated rings. The van der Waals surface area contributed by atoms with E-state index in [0.29, 0.717) is 19.4 Å². The molecule has 11 heteroatoms. The number of ether oxygens (including phenoxy) is 1. The van der Waals surface area contributed by atoms with Gasteiger partial charge in [-0.15, -0.1) is 0 Å². The Balaban J connectivity index is 1.49. The number of rotatable bonds is 10. The summed E-state index contributed by atoms with van der Waals surface area (Å²) in [6.45, 7) is 9.09. The number of esters is 1. The number of ketones is 1. The minimum absolute atomic E-state index is 0.0815. The number of fused-ring (bicyclic) bond motifs is 1. The lowest BCUT2D eigenvalue weighted by Gasteiger charge is -2.40. The first-order chi connectivity index (χ1) is 21.3. The van der Waals surface area contributed by atoms with Gasteiger partial charge in [0.05, 0.1) is 10.9 Å². The molecular formula is C34H45N5O6. The molecule has 1 aliphatic heterocycles. The predicted octanol–water partition coefficient (Wildman–Crippen LogP) is 3.38. The highest BCUT2D eigenvalue weighted by Gasteiger charge is 2.44. The number of carbonyl (C=O) groups excluding carboxylic acids is 5. The van der Waals surface area contributed by atoms with E-state index in [1.807, 2.05) is 43.3 Å². The Morgan fingerprint density at radius 3 is 2.44 bits per heavy atom. The molecule has 1 saturated carbocycles. The van der Waals surface area contributed by atoms with Gasteiger partial charge < -0.3 is 15.8 Å². The molecule has 3 atom stereocenters. The van der Waals surface area contributed by atoms with Gasteiger partial charge in [0.1, 0.15) is 17.4 Å². The molecule has 0 spiro atoms. The normalized spacial score (nSPS) is 21.5. The number of nitrogens with one attached hydrogen (secondary N) is 2. The molecule has 0 radical (unpaired) electrons. The number of aromatic nitrogens is 1. The molecule has 11 nitrogen and oxygen atoms in total. The van der Waals surface area contributed by atoms with E-state index in [4.69, 9.17) is 15.5 Å². The maximum absolute atomic E-state index is 13.9. The molecule has 242 valence electrons.